The van der Waals surface area contributed by atoms with Gasteiger partial charge in [-0.2, -0.15) is 0 Å². The Morgan fingerprint density at radius 2 is 1.91 bits per heavy atom. The Bertz CT molecular complexity index is 698. The van der Waals surface area contributed by atoms with E-state index in [0.29, 0.717) is 28.8 Å². The van der Waals surface area contributed by atoms with E-state index in [1.807, 2.05) is 6.07 Å². The molecular weight excluding hydrogens is 283 g/mol. The Labute approximate surface area is 128 Å². The first-order valence-corrected chi connectivity index (χ1v) is 6.89. The van der Waals surface area contributed by atoms with Gasteiger partial charge in [0.2, 0.25) is 0 Å². The van der Waals surface area contributed by atoms with E-state index >= 15 is 0 Å². The minimum Gasteiger partial charge on any atom is -0.465 e. The SMILES string of the molecule is COC(=O)c1ccc(C(O)c2ccc3c(c2)B(O)OC3)cc1. The maximum Gasteiger partial charge on any atom is 0.491 e. The number of hydrogen-bond acceptors (Lipinski definition) is 5. The van der Waals surface area contributed by atoms with Crippen LogP contribution in [0, 0.1) is 0 Å². The highest BCUT2D eigenvalue weighted by atomic mass is 16.5. The second-order valence-corrected chi connectivity index (χ2v) is 5.14. The van der Waals surface area contributed by atoms with Crippen molar-refractivity contribution in [2.75, 3.05) is 7.11 Å². The van der Waals surface area contributed by atoms with E-state index in [2.05, 4.69) is 4.74 Å². The third-order valence-corrected chi connectivity index (χ3v) is 3.80. The number of hydrogen-bond donors (Lipinski definition) is 2. The molecule has 112 valence electrons. The smallest absolute Gasteiger partial charge is 0.465 e. The molecule has 0 saturated heterocycles. The quantitative estimate of drug-likeness (QED) is 0.647. The first-order chi connectivity index (χ1) is 10.6. The molecular formula is C16H15BO5. The van der Waals surface area contributed by atoms with Gasteiger partial charge in [0.1, 0.15) is 6.10 Å². The van der Waals surface area contributed by atoms with Crippen LogP contribution in [0.4, 0.5) is 0 Å². The van der Waals surface area contributed by atoms with E-state index < -0.39 is 19.2 Å². The molecule has 1 atom stereocenters. The number of aliphatic hydroxyl groups is 1. The minimum atomic E-state index is -0.941. The molecule has 1 unspecified atom stereocenters. The Balaban J connectivity index is 1.86. The fraction of sp³-hybridized carbons (Fsp3) is 0.188. The van der Waals surface area contributed by atoms with Gasteiger partial charge < -0.3 is 19.5 Å². The molecule has 0 saturated carbocycles. The Kier molecular flexibility index (Phi) is 3.98. The summed E-state index contributed by atoms with van der Waals surface area (Å²) in [5.41, 5.74) is 3.35. The van der Waals surface area contributed by atoms with Gasteiger partial charge in [-0.15, -0.1) is 0 Å². The number of methoxy groups -OCH3 is 1. The van der Waals surface area contributed by atoms with Crippen molar-refractivity contribution in [2.45, 2.75) is 12.7 Å². The fourth-order valence-corrected chi connectivity index (χ4v) is 2.52. The van der Waals surface area contributed by atoms with E-state index in [1.54, 1.807) is 36.4 Å². The zero-order chi connectivity index (χ0) is 15.7. The number of ether oxygens (including phenoxy) is 1. The van der Waals surface area contributed by atoms with Crippen molar-refractivity contribution in [3.63, 3.8) is 0 Å². The average Bonchev–Trinajstić information content (AvgIpc) is 2.94. The molecule has 22 heavy (non-hydrogen) atoms. The molecule has 1 aliphatic heterocycles. The highest BCUT2D eigenvalue weighted by Crippen LogP contribution is 2.23. The van der Waals surface area contributed by atoms with E-state index in [4.69, 9.17) is 4.65 Å². The van der Waals surface area contributed by atoms with Crippen LogP contribution < -0.4 is 5.46 Å². The van der Waals surface area contributed by atoms with Gasteiger partial charge in [-0.1, -0.05) is 30.3 Å². The summed E-state index contributed by atoms with van der Waals surface area (Å²) in [7, 11) is 0.382. The molecule has 0 bridgehead atoms. The summed E-state index contributed by atoms with van der Waals surface area (Å²) in [6.07, 6.45) is -0.843. The molecule has 2 aromatic carbocycles. The molecule has 2 N–H and O–H groups in total. The minimum absolute atomic E-state index is 0.376. The average molecular weight is 298 g/mol. The van der Waals surface area contributed by atoms with Crippen LogP contribution in [0.25, 0.3) is 0 Å². The summed E-state index contributed by atoms with van der Waals surface area (Å²) in [6.45, 7) is 0.376. The highest BCUT2D eigenvalue weighted by molar-refractivity contribution is 6.61. The van der Waals surface area contributed by atoms with Gasteiger partial charge in [-0.05, 0) is 34.3 Å². The molecule has 1 heterocycles. The van der Waals surface area contributed by atoms with E-state index in [0.717, 1.165) is 5.56 Å². The van der Waals surface area contributed by atoms with E-state index in [-0.39, 0.29) is 0 Å². The Hall–Kier alpha value is -2.15. The third-order valence-electron chi connectivity index (χ3n) is 3.80. The first kappa shape index (κ1) is 14.8. The summed E-state index contributed by atoms with van der Waals surface area (Å²) in [5.74, 6) is -0.418. The second-order valence-electron chi connectivity index (χ2n) is 5.14. The molecule has 0 amide bonds. The molecule has 0 aliphatic carbocycles. The zero-order valence-corrected chi connectivity index (χ0v) is 12.0. The normalized spacial score (nSPS) is 14.6. The van der Waals surface area contributed by atoms with Crippen molar-refractivity contribution in [1.29, 1.82) is 0 Å². The monoisotopic (exact) mass is 298 g/mol. The van der Waals surface area contributed by atoms with E-state index in [1.165, 1.54) is 7.11 Å². The van der Waals surface area contributed by atoms with Gasteiger partial charge >= 0.3 is 13.1 Å². The predicted octanol–water partition coefficient (Wildman–Crippen LogP) is 0.773. The fourth-order valence-electron chi connectivity index (χ4n) is 2.52. The van der Waals surface area contributed by atoms with Crippen LogP contribution in [0.1, 0.15) is 33.2 Å². The molecule has 6 heteroatoms. The van der Waals surface area contributed by atoms with Gasteiger partial charge in [-0.25, -0.2) is 4.79 Å². The van der Waals surface area contributed by atoms with Crippen molar-refractivity contribution >= 4 is 18.6 Å². The second kappa shape index (κ2) is 5.92. The van der Waals surface area contributed by atoms with Gasteiger partial charge in [0.05, 0.1) is 19.3 Å². The van der Waals surface area contributed by atoms with E-state index in [9.17, 15) is 14.9 Å². The van der Waals surface area contributed by atoms with Crippen LogP contribution in [0.15, 0.2) is 42.5 Å². The lowest BCUT2D eigenvalue weighted by molar-refractivity contribution is 0.0600. The maximum absolute atomic E-state index is 11.4. The van der Waals surface area contributed by atoms with Crippen LogP contribution in [-0.2, 0) is 16.0 Å². The molecule has 0 fully saturated rings. The van der Waals surface area contributed by atoms with Crippen LogP contribution in [0.2, 0.25) is 0 Å². The summed E-state index contributed by atoms with van der Waals surface area (Å²) < 4.78 is 9.78. The number of carbonyl (C=O) groups is 1. The summed E-state index contributed by atoms with van der Waals surface area (Å²) >= 11 is 0. The van der Waals surface area contributed by atoms with Gasteiger partial charge in [0.25, 0.3) is 0 Å². The van der Waals surface area contributed by atoms with Gasteiger partial charge in [0, 0.05) is 0 Å². The molecule has 2 aromatic rings. The van der Waals surface area contributed by atoms with Crippen LogP contribution in [0.5, 0.6) is 0 Å². The van der Waals surface area contributed by atoms with Crippen LogP contribution in [-0.4, -0.2) is 30.3 Å². The van der Waals surface area contributed by atoms with Crippen LogP contribution >= 0.6 is 0 Å². The summed E-state index contributed by atoms with van der Waals surface area (Å²) in [5, 5.41) is 20.2. The van der Waals surface area contributed by atoms with Crippen molar-refractivity contribution in [3.8, 4) is 0 Å². The third kappa shape index (κ3) is 2.64. The van der Waals surface area contributed by atoms with Gasteiger partial charge in [-0.3, -0.25) is 0 Å². The lowest BCUT2D eigenvalue weighted by atomic mass is 9.78. The molecule has 1 aliphatic rings. The van der Waals surface area contributed by atoms with Gasteiger partial charge in [0.15, 0.2) is 0 Å². The number of benzene rings is 2. The largest absolute Gasteiger partial charge is 0.491 e. The molecule has 5 nitrogen and oxygen atoms in total. The number of fused-ring (bicyclic) bond motifs is 1. The Morgan fingerprint density at radius 3 is 2.59 bits per heavy atom. The Morgan fingerprint density at radius 1 is 1.23 bits per heavy atom. The summed E-state index contributed by atoms with van der Waals surface area (Å²) in [6, 6.07) is 12.0. The van der Waals surface area contributed by atoms with Crippen molar-refractivity contribution in [2.24, 2.45) is 0 Å². The number of rotatable bonds is 3. The molecule has 0 spiro atoms. The molecule has 0 aromatic heterocycles. The number of carbonyl (C=O) groups excluding carboxylic acids is 1. The van der Waals surface area contributed by atoms with Crippen molar-refractivity contribution < 1.29 is 24.3 Å². The standard InChI is InChI=1S/C16H15BO5/c1-21-16(19)11-4-2-10(3-5-11)15(18)12-6-7-13-9-22-17(20)14(13)8-12/h2-8,15,18,20H,9H2,1H3. The molecule has 3 rings (SSSR count). The highest BCUT2D eigenvalue weighted by Gasteiger charge is 2.28. The summed E-state index contributed by atoms with van der Waals surface area (Å²) in [4.78, 5) is 11.4. The lowest BCUT2D eigenvalue weighted by Crippen LogP contribution is -2.28. The zero-order valence-electron chi connectivity index (χ0n) is 12.0. The lowest BCUT2D eigenvalue weighted by Gasteiger charge is -2.13. The predicted molar refractivity (Wildman–Crippen MR) is 80.7 cm³/mol. The number of esters is 1. The maximum atomic E-state index is 11.4. The topological polar surface area (TPSA) is 76.0 Å². The van der Waals surface area contributed by atoms with Crippen molar-refractivity contribution in [1.82, 2.24) is 0 Å². The number of aliphatic hydroxyl groups excluding tert-OH is 1. The first-order valence-electron chi connectivity index (χ1n) is 6.89. The van der Waals surface area contributed by atoms with Crippen LogP contribution in [0.3, 0.4) is 0 Å². The van der Waals surface area contributed by atoms with Crippen molar-refractivity contribution in [3.05, 3.63) is 64.7 Å². The molecule has 0 radical (unpaired) electrons.